The van der Waals surface area contributed by atoms with E-state index >= 15 is 0 Å². The van der Waals surface area contributed by atoms with Crippen molar-refractivity contribution in [3.63, 3.8) is 0 Å². The standard InChI is InChI=1S/C30H20N2O4/c33-28-25(21-13-5-1-6-14-21)26(22-15-7-2-8-16-22)32(36-28)30(24-19-11-4-12-20-24)27(31-35-29(30)34)23-17-9-3-10-18-23/h1-20H. The van der Waals surface area contributed by atoms with Crippen molar-refractivity contribution in [2.45, 2.75) is 5.54 Å². The van der Waals surface area contributed by atoms with Gasteiger partial charge in [-0.25, -0.2) is 9.59 Å². The van der Waals surface area contributed by atoms with Crippen molar-refractivity contribution in [3.8, 4) is 22.4 Å². The molecule has 0 saturated heterocycles. The van der Waals surface area contributed by atoms with Gasteiger partial charge in [-0.2, -0.15) is 4.74 Å². The van der Waals surface area contributed by atoms with Gasteiger partial charge in [0.2, 0.25) is 5.54 Å². The fourth-order valence-corrected chi connectivity index (χ4v) is 4.73. The Morgan fingerprint density at radius 1 is 0.611 bits per heavy atom. The molecule has 0 fully saturated rings. The molecule has 4 aromatic carbocycles. The maximum Gasteiger partial charge on any atom is 0.374 e. The SMILES string of the molecule is O=C1ON=C(c2ccccc2)C1(c1ccccc1)n1oc(=O)c(-c2ccccc2)c1-c1ccccc1. The van der Waals surface area contributed by atoms with Crippen molar-refractivity contribution in [1.29, 1.82) is 0 Å². The first-order valence-corrected chi connectivity index (χ1v) is 11.5. The Morgan fingerprint density at radius 3 is 1.69 bits per heavy atom. The highest BCUT2D eigenvalue weighted by Gasteiger charge is 2.57. The fraction of sp³-hybridized carbons (Fsp3) is 0.0333. The number of hydrogen-bond acceptors (Lipinski definition) is 5. The van der Waals surface area contributed by atoms with E-state index in [1.807, 2.05) is 121 Å². The highest BCUT2D eigenvalue weighted by atomic mass is 16.7. The van der Waals surface area contributed by atoms with Gasteiger partial charge in [0.1, 0.15) is 5.71 Å². The zero-order chi connectivity index (χ0) is 24.5. The number of rotatable bonds is 5. The largest absolute Gasteiger partial charge is 0.374 e. The van der Waals surface area contributed by atoms with Crippen LogP contribution in [-0.4, -0.2) is 16.4 Å². The van der Waals surface area contributed by atoms with Crippen LogP contribution in [0.1, 0.15) is 11.1 Å². The number of benzene rings is 4. The highest BCUT2D eigenvalue weighted by Crippen LogP contribution is 2.42. The molecule has 36 heavy (non-hydrogen) atoms. The van der Waals surface area contributed by atoms with Gasteiger partial charge in [-0.1, -0.05) is 126 Å². The van der Waals surface area contributed by atoms with E-state index in [1.54, 1.807) is 0 Å². The van der Waals surface area contributed by atoms with E-state index in [1.165, 1.54) is 4.74 Å². The minimum atomic E-state index is -1.67. The molecular formula is C30H20N2O4. The predicted octanol–water partition coefficient (Wildman–Crippen LogP) is 5.48. The normalized spacial score (nSPS) is 17.0. The van der Waals surface area contributed by atoms with Crippen LogP contribution in [0, 0.1) is 0 Å². The molecule has 6 nitrogen and oxygen atoms in total. The quantitative estimate of drug-likeness (QED) is 0.318. The van der Waals surface area contributed by atoms with E-state index in [0.29, 0.717) is 39.2 Å². The van der Waals surface area contributed by atoms with E-state index in [4.69, 9.17) is 9.36 Å². The number of hydrogen-bond donors (Lipinski definition) is 0. The molecule has 1 atom stereocenters. The third-order valence-electron chi connectivity index (χ3n) is 6.33. The molecule has 2 heterocycles. The Balaban J connectivity index is 1.75. The molecule has 0 amide bonds. The maximum atomic E-state index is 13.8. The molecule has 5 aromatic rings. The van der Waals surface area contributed by atoms with Crippen molar-refractivity contribution < 1.29 is 14.2 Å². The number of carbonyl (C=O) groups excluding carboxylic acids is 1. The number of carbonyl (C=O) groups is 1. The summed E-state index contributed by atoms with van der Waals surface area (Å²) in [5.41, 5.74) is 1.52. The smallest absolute Gasteiger partial charge is 0.333 e. The lowest BCUT2D eigenvalue weighted by Gasteiger charge is -2.28. The van der Waals surface area contributed by atoms with Gasteiger partial charge in [-0.3, -0.25) is 0 Å². The minimum absolute atomic E-state index is 0.329. The van der Waals surface area contributed by atoms with Crippen molar-refractivity contribution in [1.82, 2.24) is 4.74 Å². The summed E-state index contributed by atoms with van der Waals surface area (Å²) >= 11 is 0. The van der Waals surface area contributed by atoms with Crippen LogP contribution in [0.4, 0.5) is 0 Å². The minimum Gasteiger partial charge on any atom is -0.333 e. The summed E-state index contributed by atoms with van der Waals surface area (Å²) in [5, 5.41) is 4.22. The lowest BCUT2D eigenvalue weighted by atomic mass is 9.81. The molecule has 1 aromatic heterocycles. The monoisotopic (exact) mass is 472 g/mol. The average molecular weight is 473 g/mol. The van der Waals surface area contributed by atoms with Crippen LogP contribution in [0.15, 0.2) is 136 Å². The summed E-state index contributed by atoms with van der Waals surface area (Å²) in [6.45, 7) is 0. The molecule has 6 rings (SSSR count). The summed E-state index contributed by atoms with van der Waals surface area (Å²) < 4.78 is 7.38. The van der Waals surface area contributed by atoms with E-state index in [0.717, 1.165) is 0 Å². The van der Waals surface area contributed by atoms with Crippen LogP contribution < -0.4 is 5.63 Å². The highest BCUT2D eigenvalue weighted by molar-refractivity contribution is 6.22. The van der Waals surface area contributed by atoms with Crippen molar-refractivity contribution in [2.75, 3.05) is 0 Å². The summed E-state index contributed by atoms with van der Waals surface area (Å²) in [4.78, 5) is 32.7. The Labute approximate surface area is 206 Å². The van der Waals surface area contributed by atoms with Gasteiger partial charge < -0.3 is 9.36 Å². The van der Waals surface area contributed by atoms with Crippen LogP contribution >= 0.6 is 0 Å². The van der Waals surface area contributed by atoms with Crippen molar-refractivity contribution >= 4 is 11.7 Å². The summed E-state index contributed by atoms with van der Waals surface area (Å²) in [6, 6.07) is 37.1. The zero-order valence-electron chi connectivity index (χ0n) is 19.1. The van der Waals surface area contributed by atoms with Crippen LogP contribution in [-0.2, 0) is 15.2 Å². The van der Waals surface area contributed by atoms with Gasteiger partial charge in [0.05, 0.1) is 11.3 Å². The summed E-state index contributed by atoms with van der Waals surface area (Å²) in [6.07, 6.45) is 0. The lowest BCUT2D eigenvalue weighted by molar-refractivity contribution is -0.147. The third-order valence-corrected chi connectivity index (χ3v) is 6.33. The van der Waals surface area contributed by atoms with Crippen LogP contribution in [0.5, 0.6) is 0 Å². The third kappa shape index (κ3) is 3.23. The van der Waals surface area contributed by atoms with E-state index in [2.05, 4.69) is 5.16 Å². The van der Waals surface area contributed by atoms with E-state index in [-0.39, 0.29) is 0 Å². The first kappa shape index (κ1) is 21.6. The second kappa shape index (κ2) is 8.67. The molecule has 0 N–H and O–H groups in total. The summed E-state index contributed by atoms with van der Waals surface area (Å²) in [7, 11) is 0. The molecule has 0 bridgehead atoms. The Bertz CT molecular complexity index is 1620. The number of aromatic nitrogens is 1. The fourth-order valence-electron chi connectivity index (χ4n) is 4.73. The van der Waals surface area contributed by atoms with Gasteiger partial charge in [0.15, 0.2) is 0 Å². The lowest BCUT2D eigenvalue weighted by Crippen LogP contribution is -2.47. The molecule has 0 saturated carbocycles. The average Bonchev–Trinajstić information content (AvgIpc) is 3.48. The molecule has 1 aliphatic heterocycles. The van der Waals surface area contributed by atoms with Crippen molar-refractivity contribution in [2.24, 2.45) is 5.16 Å². The Hall–Kier alpha value is -4.97. The first-order chi connectivity index (χ1) is 17.7. The Kier molecular flexibility index (Phi) is 5.19. The van der Waals surface area contributed by atoms with Crippen LogP contribution in [0.3, 0.4) is 0 Å². The second-order valence-corrected chi connectivity index (χ2v) is 8.39. The zero-order valence-corrected chi connectivity index (χ0v) is 19.1. The molecule has 0 aliphatic carbocycles. The van der Waals surface area contributed by atoms with Gasteiger partial charge in [0.25, 0.3) is 0 Å². The summed E-state index contributed by atoms with van der Waals surface area (Å²) in [5.74, 6) is -0.664. The molecule has 0 radical (unpaired) electrons. The molecule has 1 aliphatic rings. The molecule has 174 valence electrons. The van der Waals surface area contributed by atoms with Gasteiger partial charge in [0, 0.05) is 11.1 Å². The Morgan fingerprint density at radius 2 is 1.11 bits per heavy atom. The van der Waals surface area contributed by atoms with Crippen LogP contribution in [0.25, 0.3) is 22.4 Å². The molecule has 1 unspecified atom stereocenters. The number of nitrogens with zero attached hydrogens (tertiary/aromatic N) is 2. The van der Waals surface area contributed by atoms with E-state index < -0.39 is 17.1 Å². The predicted molar refractivity (Wildman–Crippen MR) is 136 cm³/mol. The maximum absolute atomic E-state index is 13.8. The van der Waals surface area contributed by atoms with E-state index in [9.17, 15) is 9.59 Å². The number of oxime groups is 1. The topological polar surface area (TPSA) is 73.8 Å². The molecule has 0 spiro atoms. The van der Waals surface area contributed by atoms with Crippen molar-refractivity contribution in [3.05, 3.63) is 143 Å². The van der Waals surface area contributed by atoms with Crippen LogP contribution in [0.2, 0.25) is 0 Å². The molecule has 6 heteroatoms. The van der Waals surface area contributed by atoms with Gasteiger partial charge in [-0.05, 0) is 11.1 Å². The van der Waals surface area contributed by atoms with Gasteiger partial charge >= 0.3 is 11.6 Å². The second-order valence-electron chi connectivity index (χ2n) is 8.39. The van der Waals surface area contributed by atoms with Gasteiger partial charge in [-0.15, -0.1) is 0 Å². The first-order valence-electron chi connectivity index (χ1n) is 11.5. The molecular weight excluding hydrogens is 452 g/mol.